The van der Waals surface area contributed by atoms with E-state index in [0.29, 0.717) is 6.42 Å². The van der Waals surface area contributed by atoms with Crippen LogP contribution in [0.3, 0.4) is 0 Å². The quantitative estimate of drug-likeness (QED) is 0.469. The van der Waals surface area contributed by atoms with Gasteiger partial charge < -0.3 is 10.5 Å². The zero-order valence-corrected chi connectivity index (χ0v) is 16.9. The summed E-state index contributed by atoms with van der Waals surface area (Å²) in [6.07, 6.45) is 0.577. The molecule has 1 heterocycles. The Balaban J connectivity index is 1.78. The van der Waals surface area contributed by atoms with Crippen LogP contribution in [0.2, 0.25) is 0 Å². The first-order chi connectivity index (χ1) is 14.3. The van der Waals surface area contributed by atoms with Gasteiger partial charge in [0, 0.05) is 13.6 Å². The molecule has 30 heavy (non-hydrogen) atoms. The van der Waals surface area contributed by atoms with Crippen LogP contribution >= 0.6 is 0 Å². The fraction of sp³-hybridized carbons (Fsp3) is 0.273. The van der Waals surface area contributed by atoms with Gasteiger partial charge in [-0.25, -0.2) is 4.79 Å². The molecule has 8 nitrogen and oxygen atoms in total. The normalized spacial score (nSPS) is 10.9. The number of Topliss-reactive ketones (excluding diaryl/α,β-unsaturated/α-hetero) is 1. The summed E-state index contributed by atoms with van der Waals surface area (Å²) in [6.45, 7) is 1.47. The summed E-state index contributed by atoms with van der Waals surface area (Å²) in [4.78, 5) is 49.5. The van der Waals surface area contributed by atoms with Crippen molar-refractivity contribution in [2.45, 2.75) is 26.3 Å². The molecule has 3 aromatic rings. The Morgan fingerprint density at radius 1 is 1.07 bits per heavy atom. The first kappa shape index (κ1) is 21.0. The maximum absolute atomic E-state index is 12.6. The Hall–Kier alpha value is -3.68. The number of esters is 1. The van der Waals surface area contributed by atoms with Crippen molar-refractivity contribution in [3.63, 3.8) is 0 Å². The third-order valence-corrected chi connectivity index (χ3v) is 4.89. The van der Waals surface area contributed by atoms with E-state index in [-0.39, 0.29) is 24.3 Å². The van der Waals surface area contributed by atoms with Crippen LogP contribution in [0, 0.1) is 0 Å². The molecule has 1 aromatic heterocycles. The van der Waals surface area contributed by atoms with Gasteiger partial charge in [-0.15, -0.1) is 0 Å². The number of carbonyl (C=O) groups excluding carboxylic acids is 2. The number of anilines is 1. The van der Waals surface area contributed by atoms with Crippen molar-refractivity contribution in [2.24, 2.45) is 7.05 Å². The highest BCUT2D eigenvalue weighted by Crippen LogP contribution is 2.19. The number of hydrogen-bond donors (Lipinski definition) is 1. The van der Waals surface area contributed by atoms with Gasteiger partial charge in [0.15, 0.2) is 6.61 Å². The van der Waals surface area contributed by atoms with Crippen molar-refractivity contribution in [3.8, 4) is 0 Å². The van der Waals surface area contributed by atoms with Crippen molar-refractivity contribution < 1.29 is 14.3 Å². The van der Waals surface area contributed by atoms with Crippen LogP contribution in [0.1, 0.15) is 29.3 Å². The van der Waals surface area contributed by atoms with Crippen molar-refractivity contribution >= 4 is 28.3 Å². The Morgan fingerprint density at radius 3 is 2.50 bits per heavy atom. The average Bonchev–Trinajstić information content (AvgIpc) is 2.74. The lowest BCUT2D eigenvalue weighted by molar-refractivity contribution is -0.141. The first-order valence-corrected chi connectivity index (χ1v) is 9.59. The Kier molecular flexibility index (Phi) is 6.15. The van der Waals surface area contributed by atoms with Crippen molar-refractivity contribution in [3.05, 3.63) is 74.4 Å². The van der Waals surface area contributed by atoms with Gasteiger partial charge in [-0.2, -0.15) is 0 Å². The van der Waals surface area contributed by atoms with Crippen LogP contribution in [0.15, 0.2) is 52.1 Å². The molecule has 0 aliphatic rings. The summed E-state index contributed by atoms with van der Waals surface area (Å²) in [6, 6.07) is 13.2. The number of ether oxygens (including phenoxy) is 1. The van der Waals surface area contributed by atoms with Crippen molar-refractivity contribution in [1.29, 1.82) is 0 Å². The SMILES string of the molecule is CCCn1c(N)c(C(=O)COC(=O)Cc2cccc3ccccc23)c(=O)n(C)c1=O. The zero-order valence-electron chi connectivity index (χ0n) is 16.9. The minimum Gasteiger partial charge on any atom is -0.457 e. The third kappa shape index (κ3) is 4.03. The molecule has 0 amide bonds. The van der Waals surface area contributed by atoms with Crippen molar-refractivity contribution in [1.82, 2.24) is 9.13 Å². The fourth-order valence-corrected chi connectivity index (χ4v) is 3.36. The second kappa shape index (κ2) is 8.77. The standard InChI is InChI=1S/C22H23N3O5/c1-3-11-25-20(23)19(21(28)24(2)22(25)29)17(26)13-30-18(27)12-15-9-6-8-14-7-4-5-10-16(14)15/h4-10H,3,11-13,23H2,1-2H3. The fourth-order valence-electron chi connectivity index (χ4n) is 3.36. The Bertz CT molecular complexity index is 1230. The first-order valence-electron chi connectivity index (χ1n) is 9.59. The third-order valence-electron chi connectivity index (χ3n) is 4.89. The minimum atomic E-state index is -0.806. The van der Waals surface area contributed by atoms with Gasteiger partial charge in [0.05, 0.1) is 6.42 Å². The molecule has 0 unspecified atom stereocenters. The number of aromatic nitrogens is 2. The highest BCUT2D eigenvalue weighted by Gasteiger charge is 2.22. The molecule has 0 saturated carbocycles. The number of rotatable bonds is 7. The van der Waals surface area contributed by atoms with Crippen LogP contribution in [0.4, 0.5) is 5.82 Å². The monoisotopic (exact) mass is 409 g/mol. The molecule has 2 N–H and O–H groups in total. The molecular formula is C22H23N3O5. The Morgan fingerprint density at radius 2 is 1.77 bits per heavy atom. The molecule has 0 spiro atoms. The van der Waals surface area contributed by atoms with Gasteiger partial charge in [-0.3, -0.25) is 23.5 Å². The maximum Gasteiger partial charge on any atom is 0.332 e. The smallest absolute Gasteiger partial charge is 0.332 e. The molecule has 0 aliphatic heterocycles. The molecule has 0 atom stereocenters. The zero-order chi connectivity index (χ0) is 21.8. The molecule has 0 bridgehead atoms. The van der Waals surface area contributed by atoms with Gasteiger partial charge in [0.25, 0.3) is 5.56 Å². The molecule has 0 aliphatic carbocycles. The second-order valence-electron chi connectivity index (χ2n) is 6.96. The van der Waals surface area contributed by atoms with Crippen LogP contribution in [0.5, 0.6) is 0 Å². The summed E-state index contributed by atoms with van der Waals surface area (Å²) in [5.74, 6) is -1.55. The van der Waals surface area contributed by atoms with Crippen LogP contribution < -0.4 is 17.0 Å². The molecule has 156 valence electrons. The summed E-state index contributed by atoms with van der Waals surface area (Å²) in [7, 11) is 1.28. The van der Waals surface area contributed by atoms with E-state index in [1.54, 1.807) is 0 Å². The van der Waals surface area contributed by atoms with Gasteiger partial charge in [0.2, 0.25) is 5.78 Å². The molecule has 0 radical (unpaired) electrons. The number of fused-ring (bicyclic) bond motifs is 1. The summed E-state index contributed by atoms with van der Waals surface area (Å²) < 4.78 is 7.12. The van der Waals surface area contributed by atoms with E-state index in [1.807, 2.05) is 49.4 Å². The van der Waals surface area contributed by atoms with E-state index in [9.17, 15) is 19.2 Å². The summed E-state index contributed by atoms with van der Waals surface area (Å²) in [5.41, 5.74) is 4.95. The van der Waals surface area contributed by atoms with Gasteiger partial charge in [0.1, 0.15) is 11.4 Å². The van der Waals surface area contributed by atoms with E-state index < -0.39 is 29.6 Å². The van der Waals surface area contributed by atoms with E-state index in [2.05, 4.69) is 0 Å². The largest absolute Gasteiger partial charge is 0.457 e. The van der Waals surface area contributed by atoms with Gasteiger partial charge in [-0.1, -0.05) is 49.4 Å². The lowest BCUT2D eigenvalue weighted by atomic mass is 10.0. The van der Waals surface area contributed by atoms with Crippen molar-refractivity contribution in [2.75, 3.05) is 12.3 Å². The van der Waals surface area contributed by atoms with Crippen LogP contribution in [-0.4, -0.2) is 27.5 Å². The summed E-state index contributed by atoms with van der Waals surface area (Å²) in [5, 5.41) is 1.92. The number of ketones is 1. The molecule has 3 rings (SSSR count). The topological polar surface area (TPSA) is 113 Å². The lowest BCUT2D eigenvalue weighted by Gasteiger charge is -2.14. The second-order valence-corrected chi connectivity index (χ2v) is 6.96. The predicted octanol–water partition coefficient (Wildman–Crippen LogP) is 1.66. The minimum absolute atomic E-state index is 0.0164. The highest BCUT2D eigenvalue weighted by atomic mass is 16.5. The van der Waals surface area contributed by atoms with Gasteiger partial charge >= 0.3 is 11.7 Å². The van der Waals surface area contributed by atoms with Crippen LogP contribution in [-0.2, 0) is 29.5 Å². The van der Waals surface area contributed by atoms with E-state index in [1.165, 1.54) is 11.6 Å². The number of carbonyl (C=O) groups is 2. The molecular weight excluding hydrogens is 386 g/mol. The van der Waals surface area contributed by atoms with Gasteiger partial charge in [-0.05, 0) is 22.8 Å². The number of nitrogen functional groups attached to an aromatic ring is 1. The molecule has 8 heteroatoms. The van der Waals surface area contributed by atoms with E-state index >= 15 is 0 Å². The average molecular weight is 409 g/mol. The maximum atomic E-state index is 12.6. The van der Waals surface area contributed by atoms with E-state index in [0.717, 1.165) is 20.9 Å². The highest BCUT2D eigenvalue weighted by molar-refractivity contribution is 6.01. The molecule has 0 saturated heterocycles. The van der Waals surface area contributed by atoms with Crippen LogP contribution in [0.25, 0.3) is 10.8 Å². The number of nitrogens with zero attached hydrogens (tertiary/aromatic N) is 2. The number of nitrogens with two attached hydrogens (primary N) is 1. The number of hydrogen-bond acceptors (Lipinski definition) is 6. The summed E-state index contributed by atoms with van der Waals surface area (Å²) >= 11 is 0. The molecule has 0 fully saturated rings. The van der Waals surface area contributed by atoms with E-state index in [4.69, 9.17) is 10.5 Å². The molecule has 2 aromatic carbocycles. The Labute approximate surface area is 172 Å². The predicted molar refractivity (Wildman–Crippen MR) is 114 cm³/mol. The number of benzene rings is 2. The lowest BCUT2D eigenvalue weighted by Crippen LogP contribution is -2.43.